The summed E-state index contributed by atoms with van der Waals surface area (Å²) in [4.78, 5) is 18.0. The van der Waals surface area contributed by atoms with E-state index in [4.69, 9.17) is 19.6 Å². The first kappa shape index (κ1) is 22.7. The summed E-state index contributed by atoms with van der Waals surface area (Å²) < 4.78 is 13.4. The third kappa shape index (κ3) is 4.37. The number of unbranched alkanes of at least 4 members (excludes halogenated alkanes) is 1. The van der Waals surface area contributed by atoms with Gasteiger partial charge >= 0.3 is 0 Å². The average molecular weight is 457 g/mol. The first-order valence-corrected chi connectivity index (χ1v) is 12.3. The maximum atomic E-state index is 13.3. The molecule has 1 atom stereocenters. The number of fused-ring (bicyclic) bond motifs is 1. The van der Waals surface area contributed by atoms with Gasteiger partial charge in [0.25, 0.3) is 0 Å². The second-order valence-corrected chi connectivity index (χ2v) is 10.3. The Morgan fingerprint density at radius 3 is 2.78 bits per heavy atom. The number of nitrogens with zero attached hydrogens (tertiary/aromatic N) is 3. The smallest absolute Gasteiger partial charge is 0.227 e. The molecule has 0 fully saturated rings. The molecule has 0 bridgehead atoms. The molecule has 0 saturated heterocycles. The van der Waals surface area contributed by atoms with Crippen molar-refractivity contribution in [3.05, 3.63) is 35.0 Å². The normalized spacial score (nSPS) is 19.3. The molecular weight excluding hydrogens is 424 g/mol. The summed E-state index contributed by atoms with van der Waals surface area (Å²) in [6.45, 7) is 9.12. The van der Waals surface area contributed by atoms with Gasteiger partial charge in [-0.05, 0) is 41.7 Å². The van der Waals surface area contributed by atoms with Crippen LogP contribution in [0, 0.1) is 5.41 Å². The lowest BCUT2D eigenvalue weighted by atomic mass is 9.73. The molecule has 0 spiro atoms. The zero-order valence-electron chi connectivity index (χ0n) is 19.5. The fourth-order valence-electron chi connectivity index (χ4n) is 4.39. The molecule has 1 aliphatic heterocycles. The van der Waals surface area contributed by atoms with Crippen LogP contribution >= 0.6 is 11.8 Å². The molecule has 2 aliphatic rings. The van der Waals surface area contributed by atoms with Gasteiger partial charge in [0, 0.05) is 17.7 Å². The predicted molar refractivity (Wildman–Crippen MR) is 127 cm³/mol. The van der Waals surface area contributed by atoms with E-state index in [0.29, 0.717) is 35.6 Å². The first-order valence-electron chi connectivity index (χ1n) is 11.3. The Morgan fingerprint density at radius 1 is 1.25 bits per heavy atom. The largest absolute Gasteiger partial charge is 0.493 e. The maximum Gasteiger partial charge on any atom is 0.227 e. The molecule has 1 aromatic heterocycles. The van der Waals surface area contributed by atoms with Gasteiger partial charge in [-0.1, -0.05) is 51.9 Å². The SMILES string of the molecule is CCCCOc1ccc([C@H]2C3=C(CC(C)(C)CC3=O)Nc3nc(SCC)nn32)cc1OC. The zero-order valence-corrected chi connectivity index (χ0v) is 20.3. The minimum Gasteiger partial charge on any atom is -0.493 e. The molecule has 1 aromatic carbocycles. The van der Waals surface area contributed by atoms with E-state index >= 15 is 0 Å². The number of hydrogen-bond donors (Lipinski definition) is 1. The number of nitrogens with one attached hydrogen (secondary N) is 1. The average Bonchev–Trinajstić information content (AvgIpc) is 3.14. The van der Waals surface area contributed by atoms with Crippen molar-refractivity contribution in [2.45, 2.75) is 64.6 Å². The Hall–Kier alpha value is -2.48. The fourth-order valence-corrected chi connectivity index (χ4v) is 4.94. The predicted octanol–water partition coefficient (Wildman–Crippen LogP) is 5.24. The Bertz CT molecular complexity index is 1040. The highest BCUT2D eigenvalue weighted by Gasteiger charge is 2.42. The Morgan fingerprint density at radius 2 is 2.06 bits per heavy atom. The van der Waals surface area contributed by atoms with E-state index in [1.54, 1.807) is 18.9 Å². The number of Topliss-reactive ketones (excluding diaryl/α,β-unsaturated/α-hetero) is 1. The summed E-state index contributed by atoms with van der Waals surface area (Å²) in [5.74, 6) is 3.09. The topological polar surface area (TPSA) is 78.3 Å². The molecule has 0 saturated carbocycles. The van der Waals surface area contributed by atoms with Crippen LogP contribution in [0.2, 0.25) is 0 Å². The van der Waals surface area contributed by atoms with E-state index in [0.717, 1.165) is 41.8 Å². The van der Waals surface area contributed by atoms with Gasteiger partial charge in [-0.15, -0.1) is 5.10 Å². The Kier molecular flexibility index (Phi) is 6.51. The van der Waals surface area contributed by atoms with Crippen molar-refractivity contribution in [3.63, 3.8) is 0 Å². The van der Waals surface area contributed by atoms with Crippen LogP contribution in [0.25, 0.3) is 0 Å². The maximum absolute atomic E-state index is 13.3. The van der Waals surface area contributed by atoms with E-state index in [1.165, 1.54) is 0 Å². The van der Waals surface area contributed by atoms with Crippen LogP contribution in [0.3, 0.4) is 0 Å². The van der Waals surface area contributed by atoms with Crippen molar-refractivity contribution in [2.24, 2.45) is 5.41 Å². The molecule has 2 aromatic rings. The van der Waals surface area contributed by atoms with Crippen LogP contribution in [-0.4, -0.2) is 40.0 Å². The third-order valence-corrected chi connectivity index (χ3v) is 6.56. The van der Waals surface area contributed by atoms with Gasteiger partial charge < -0.3 is 14.8 Å². The highest BCUT2D eigenvalue weighted by atomic mass is 32.2. The minimum atomic E-state index is -0.345. The van der Waals surface area contributed by atoms with E-state index in [-0.39, 0.29) is 17.2 Å². The third-order valence-electron chi connectivity index (χ3n) is 5.84. The van der Waals surface area contributed by atoms with Crippen LogP contribution in [0.1, 0.15) is 65.0 Å². The zero-order chi connectivity index (χ0) is 22.9. The number of thioether (sulfide) groups is 1. The number of carbonyl (C=O) groups is 1. The number of allylic oxidation sites excluding steroid dienone is 2. The molecule has 172 valence electrons. The van der Waals surface area contributed by atoms with E-state index < -0.39 is 0 Å². The molecule has 1 aliphatic carbocycles. The van der Waals surface area contributed by atoms with E-state index in [2.05, 4.69) is 33.0 Å². The van der Waals surface area contributed by atoms with Crippen LogP contribution in [-0.2, 0) is 4.79 Å². The van der Waals surface area contributed by atoms with Crippen molar-refractivity contribution in [3.8, 4) is 11.5 Å². The van der Waals surface area contributed by atoms with Crippen molar-refractivity contribution >= 4 is 23.5 Å². The van der Waals surface area contributed by atoms with Gasteiger partial charge in [0.05, 0.1) is 13.7 Å². The number of carbonyl (C=O) groups excluding carboxylic acids is 1. The highest BCUT2D eigenvalue weighted by Crippen LogP contribution is 2.46. The van der Waals surface area contributed by atoms with Crippen molar-refractivity contribution < 1.29 is 14.3 Å². The number of ether oxygens (including phenoxy) is 2. The summed E-state index contributed by atoms with van der Waals surface area (Å²) in [5, 5.41) is 8.87. The van der Waals surface area contributed by atoms with Crippen LogP contribution in [0.15, 0.2) is 34.6 Å². The number of anilines is 1. The van der Waals surface area contributed by atoms with Crippen LogP contribution in [0.4, 0.5) is 5.95 Å². The van der Waals surface area contributed by atoms with Gasteiger partial charge in [-0.25, -0.2) is 4.68 Å². The number of aromatic nitrogens is 3. The van der Waals surface area contributed by atoms with Gasteiger partial charge in [0.2, 0.25) is 11.1 Å². The summed E-state index contributed by atoms with van der Waals surface area (Å²) in [6.07, 6.45) is 3.36. The standard InChI is InChI=1S/C24H32N4O3S/c1-6-8-11-31-18-10-9-15(12-19(18)30-5)21-20-16(13-24(3,4)14-17(20)29)25-22-26-23(32-7-2)27-28(21)22/h9-10,12,21H,6-8,11,13-14H2,1-5H3,(H,25,26,27)/t21-/m0/s1. The van der Waals surface area contributed by atoms with Crippen LogP contribution < -0.4 is 14.8 Å². The van der Waals surface area contributed by atoms with Gasteiger partial charge in [-0.3, -0.25) is 4.79 Å². The Labute approximate surface area is 194 Å². The first-order chi connectivity index (χ1) is 15.4. The van der Waals surface area contributed by atoms with Crippen molar-refractivity contribution in [1.82, 2.24) is 14.8 Å². The monoisotopic (exact) mass is 456 g/mol. The molecule has 1 N–H and O–H groups in total. The summed E-state index contributed by atoms with van der Waals surface area (Å²) in [5.41, 5.74) is 2.57. The minimum absolute atomic E-state index is 0.0919. The van der Waals surface area contributed by atoms with Gasteiger partial charge in [0.1, 0.15) is 6.04 Å². The molecule has 2 heterocycles. The number of ketones is 1. The number of rotatable bonds is 8. The number of benzene rings is 1. The van der Waals surface area contributed by atoms with Crippen molar-refractivity contribution in [2.75, 3.05) is 24.8 Å². The highest BCUT2D eigenvalue weighted by molar-refractivity contribution is 7.99. The summed E-state index contributed by atoms with van der Waals surface area (Å²) >= 11 is 1.59. The van der Waals surface area contributed by atoms with Gasteiger partial charge in [0.15, 0.2) is 17.3 Å². The second-order valence-electron chi connectivity index (χ2n) is 9.07. The molecular formula is C24H32N4O3S. The molecule has 8 heteroatoms. The quantitative estimate of drug-likeness (QED) is 0.430. The molecule has 4 rings (SSSR count). The molecule has 32 heavy (non-hydrogen) atoms. The van der Waals surface area contributed by atoms with Crippen molar-refractivity contribution in [1.29, 1.82) is 0 Å². The molecule has 0 radical (unpaired) electrons. The van der Waals surface area contributed by atoms with E-state index in [1.807, 2.05) is 22.9 Å². The van der Waals surface area contributed by atoms with Gasteiger partial charge in [-0.2, -0.15) is 4.98 Å². The summed E-state index contributed by atoms with van der Waals surface area (Å²) in [6, 6.07) is 5.56. The number of hydrogen-bond acceptors (Lipinski definition) is 7. The molecule has 7 nitrogen and oxygen atoms in total. The fraction of sp³-hybridized carbons (Fsp3) is 0.542. The number of methoxy groups -OCH3 is 1. The van der Waals surface area contributed by atoms with Crippen LogP contribution in [0.5, 0.6) is 11.5 Å². The second kappa shape index (κ2) is 9.17. The summed E-state index contributed by atoms with van der Waals surface area (Å²) in [7, 11) is 1.64. The molecule has 0 unspecified atom stereocenters. The lowest BCUT2D eigenvalue weighted by molar-refractivity contribution is -0.118. The Balaban J connectivity index is 1.79. The molecule has 0 amide bonds. The lowest BCUT2D eigenvalue weighted by Crippen LogP contribution is -2.36. The lowest BCUT2D eigenvalue weighted by Gasteiger charge is -2.38. The van der Waals surface area contributed by atoms with E-state index in [9.17, 15) is 4.79 Å².